The van der Waals surface area contributed by atoms with Crippen molar-refractivity contribution in [2.45, 2.75) is 11.8 Å². The van der Waals surface area contributed by atoms with Crippen molar-refractivity contribution in [3.05, 3.63) is 5.69 Å². The lowest BCUT2D eigenvalue weighted by Gasteiger charge is -1.90. The molecule has 1 heterocycles. The van der Waals surface area contributed by atoms with Crippen LogP contribution in [-0.2, 0) is 0 Å². The van der Waals surface area contributed by atoms with Gasteiger partial charge in [0.15, 0.2) is 0 Å². The van der Waals surface area contributed by atoms with Crippen LogP contribution >= 0.6 is 23.3 Å². The molecule has 0 atom stereocenters. The van der Waals surface area contributed by atoms with Crippen LogP contribution < -0.4 is 5.73 Å². The highest BCUT2D eigenvalue weighted by molar-refractivity contribution is 7.99. The molecule has 0 aromatic carbocycles. The zero-order chi connectivity index (χ0) is 6.85. The van der Waals surface area contributed by atoms with Gasteiger partial charge in [0, 0.05) is 0 Å². The number of anilines is 1. The third-order valence-corrected chi connectivity index (χ3v) is 2.86. The van der Waals surface area contributed by atoms with Crippen LogP contribution in [0, 0.1) is 6.92 Å². The van der Waals surface area contributed by atoms with Crippen molar-refractivity contribution in [3.8, 4) is 0 Å². The first-order valence-corrected chi connectivity index (χ1v) is 4.51. The number of nitrogen functional groups attached to an aromatic ring is 1. The summed E-state index contributed by atoms with van der Waals surface area (Å²) in [5.74, 6) is 0. The van der Waals surface area contributed by atoms with Crippen molar-refractivity contribution in [3.63, 3.8) is 0 Å². The van der Waals surface area contributed by atoms with Gasteiger partial charge in [0.05, 0.1) is 10.6 Å². The molecular formula is C5H8N2S2. The van der Waals surface area contributed by atoms with E-state index in [1.807, 2.05) is 13.2 Å². The minimum absolute atomic E-state index is 0.833. The molecule has 0 fully saturated rings. The Bertz CT molecular complexity index is 187. The quantitative estimate of drug-likeness (QED) is 0.636. The molecule has 1 rings (SSSR count). The zero-order valence-electron chi connectivity index (χ0n) is 5.34. The number of aryl methyl sites for hydroxylation is 1. The second-order valence-electron chi connectivity index (χ2n) is 1.67. The van der Waals surface area contributed by atoms with Crippen molar-refractivity contribution >= 4 is 28.3 Å². The fourth-order valence-corrected chi connectivity index (χ4v) is 2.15. The van der Waals surface area contributed by atoms with Gasteiger partial charge in [-0.1, -0.05) is 0 Å². The van der Waals surface area contributed by atoms with Gasteiger partial charge in [-0.05, 0) is 24.7 Å². The van der Waals surface area contributed by atoms with Crippen molar-refractivity contribution < 1.29 is 0 Å². The van der Waals surface area contributed by atoms with Crippen molar-refractivity contribution in [1.29, 1.82) is 0 Å². The number of nitrogens with zero attached hydrogens (tertiary/aromatic N) is 1. The Labute approximate surface area is 62.6 Å². The Morgan fingerprint density at radius 1 is 1.67 bits per heavy atom. The van der Waals surface area contributed by atoms with Crippen molar-refractivity contribution in [1.82, 2.24) is 4.37 Å². The van der Waals surface area contributed by atoms with Gasteiger partial charge in [-0.15, -0.1) is 11.8 Å². The summed E-state index contributed by atoms with van der Waals surface area (Å²) >= 11 is 3.01. The van der Waals surface area contributed by atoms with Gasteiger partial charge in [0.2, 0.25) is 0 Å². The van der Waals surface area contributed by atoms with E-state index in [1.54, 1.807) is 11.8 Å². The summed E-state index contributed by atoms with van der Waals surface area (Å²) in [5, 5.41) is 0.833. The maximum absolute atomic E-state index is 5.59. The number of nitrogens with two attached hydrogens (primary N) is 1. The topological polar surface area (TPSA) is 38.9 Å². The monoisotopic (exact) mass is 160 g/mol. The van der Waals surface area contributed by atoms with Gasteiger partial charge in [-0.2, -0.15) is 4.37 Å². The molecule has 0 saturated heterocycles. The fourth-order valence-electron chi connectivity index (χ4n) is 0.627. The largest absolute Gasteiger partial charge is 0.388 e. The highest BCUT2D eigenvalue weighted by Crippen LogP contribution is 2.29. The van der Waals surface area contributed by atoms with E-state index in [0.717, 1.165) is 15.6 Å². The van der Waals surface area contributed by atoms with E-state index >= 15 is 0 Å². The molecule has 0 unspecified atom stereocenters. The summed E-state index contributed by atoms with van der Waals surface area (Å²) in [5.41, 5.74) is 6.63. The van der Waals surface area contributed by atoms with E-state index in [0.29, 0.717) is 0 Å². The van der Waals surface area contributed by atoms with Gasteiger partial charge >= 0.3 is 0 Å². The third-order valence-electron chi connectivity index (χ3n) is 1.04. The number of hydrogen-bond donors (Lipinski definition) is 1. The van der Waals surface area contributed by atoms with Crippen LogP contribution in [0.3, 0.4) is 0 Å². The summed E-state index contributed by atoms with van der Waals surface area (Å²) in [6.07, 6.45) is 2.01. The predicted molar refractivity (Wildman–Crippen MR) is 43.0 cm³/mol. The van der Waals surface area contributed by atoms with Crippen LogP contribution in [0.15, 0.2) is 4.90 Å². The molecular weight excluding hydrogens is 152 g/mol. The lowest BCUT2D eigenvalue weighted by Crippen LogP contribution is -1.81. The van der Waals surface area contributed by atoms with Gasteiger partial charge in [0.25, 0.3) is 0 Å². The fraction of sp³-hybridized carbons (Fsp3) is 0.400. The minimum atomic E-state index is 0.833. The van der Waals surface area contributed by atoms with Crippen LogP contribution in [-0.4, -0.2) is 10.6 Å². The summed E-state index contributed by atoms with van der Waals surface area (Å²) in [6.45, 7) is 1.97. The molecule has 4 heteroatoms. The normalized spacial score (nSPS) is 10.0. The van der Waals surface area contributed by atoms with E-state index in [4.69, 9.17) is 5.73 Å². The lowest BCUT2D eigenvalue weighted by molar-refractivity contribution is 1.25. The van der Waals surface area contributed by atoms with Gasteiger partial charge in [-0.3, -0.25) is 0 Å². The zero-order valence-corrected chi connectivity index (χ0v) is 6.97. The Balaban J connectivity index is 3.07. The lowest BCUT2D eigenvalue weighted by atomic mass is 10.5. The molecule has 2 N–H and O–H groups in total. The van der Waals surface area contributed by atoms with Crippen LogP contribution in [0.4, 0.5) is 5.00 Å². The molecule has 0 spiro atoms. The minimum Gasteiger partial charge on any atom is -0.388 e. The maximum Gasteiger partial charge on any atom is 0.120 e. The molecule has 0 radical (unpaired) electrons. The SMILES string of the molecule is CSc1c(C)nsc1N. The van der Waals surface area contributed by atoms with E-state index < -0.39 is 0 Å². The van der Waals surface area contributed by atoms with E-state index in [2.05, 4.69) is 4.37 Å². The number of aromatic nitrogens is 1. The average molecular weight is 160 g/mol. The Morgan fingerprint density at radius 2 is 2.33 bits per heavy atom. The highest BCUT2D eigenvalue weighted by Gasteiger charge is 2.03. The van der Waals surface area contributed by atoms with E-state index in [-0.39, 0.29) is 0 Å². The summed E-state index contributed by atoms with van der Waals surface area (Å²) in [6, 6.07) is 0. The Hall–Kier alpha value is -0.220. The maximum atomic E-state index is 5.59. The van der Waals surface area contributed by atoms with Crippen LogP contribution in [0.1, 0.15) is 5.69 Å². The smallest absolute Gasteiger partial charge is 0.120 e. The summed E-state index contributed by atoms with van der Waals surface area (Å²) in [7, 11) is 0. The van der Waals surface area contributed by atoms with Crippen molar-refractivity contribution in [2.75, 3.05) is 12.0 Å². The standard InChI is InChI=1S/C5H8N2S2/c1-3-4(8-2)5(6)9-7-3/h6H2,1-2H3. The molecule has 2 nitrogen and oxygen atoms in total. The predicted octanol–water partition coefficient (Wildman–Crippen LogP) is 1.76. The molecule has 0 bridgehead atoms. The molecule has 0 aliphatic rings. The molecule has 1 aromatic heterocycles. The molecule has 9 heavy (non-hydrogen) atoms. The highest BCUT2D eigenvalue weighted by atomic mass is 32.2. The van der Waals surface area contributed by atoms with E-state index in [9.17, 15) is 0 Å². The third kappa shape index (κ3) is 1.19. The molecule has 0 aliphatic heterocycles. The summed E-state index contributed by atoms with van der Waals surface area (Å²) in [4.78, 5) is 1.13. The van der Waals surface area contributed by atoms with E-state index in [1.165, 1.54) is 11.5 Å². The van der Waals surface area contributed by atoms with Crippen LogP contribution in [0.5, 0.6) is 0 Å². The van der Waals surface area contributed by atoms with Crippen LogP contribution in [0.2, 0.25) is 0 Å². The van der Waals surface area contributed by atoms with Gasteiger partial charge in [0.1, 0.15) is 5.00 Å². The van der Waals surface area contributed by atoms with Gasteiger partial charge in [-0.25, -0.2) is 0 Å². The second kappa shape index (κ2) is 2.58. The molecule has 0 aliphatic carbocycles. The summed E-state index contributed by atoms with van der Waals surface area (Å²) < 4.78 is 4.08. The Morgan fingerprint density at radius 3 is 2.56 bits per heavy atom. The number of rotatable bonds is 1. The molecule has 0 amide bonds. The number of thioether (sulfide) groups is 1. The van der Waals surface area contributed by atoms with Gasteiger partial charge < -0.3 is 5.73 Å². The molecule has 50 valence electrons. The average Bonchev–Trinajstić information content (AvgIpc) is 2.12. The second-order valence-corrected chi connectivity index (χ2v) is 3.29. The van der Waals surface area contributed by atoms with Crippen LogP contribution in [0.25, 0.3) is 0 Å². The molecule has 0 saturated carbocycles. The van der Waals surface area contributed by atoms with Crippen molar-refractivity contribution in [2.24, 2.45) is 0 Å². The Kier molecular flexibility index (Phi) is 1.97. The molecule has 1 aromatic rings. The first-order chi connectivity index (χ1) is 4.25. The number of hydrogen-bond acceptors (Lipinski definition) is 4. The first kappa shape index (κ1) is 6.89. The first-order valence-electron chi connectivity index (χ1n) is 2.51.